The third-order valence-corrected chi connectivity index (χ3v) is 8.85. The number of carbonyl (C=O) groups is 2. The Morgan fingerprint density at radius 3 is 2.38 bits per heavy atom. The van der Waals surface area contributed by atoms with E-state index in [1.54, 1.807) is 13.0 Å². The summed E-state index contributed by atoms with van der Waals surface area (Å²) in [6.07, 6.45) is 5.42. The zero-order valence-corrected chi connectivity index (χ0v) is 19.7. The van der Waals surface area contributed by atoms with Gasteiger partial charge in [0.25, 0.3) is 5.91 Å². The van der Waals surface area contributed by atoms with Crippen molar-refractivity contribution < 1.29 is 22.7 Å². The number of nitrogens with zero attached hydrogens (tertiary/aromatic N) is 2. The first-order chi connectivity index (χ1) is 15.3. The van der Waals surface area contributed by atoms with Crippen molar-refractivity contribution in [2.75, 3.05) is 31.5 Å². The second kappa shape index (κ2) is 9.39. The van der Waals surface area contributed by atoms with Gasteiger partial charge in [-0.3, -0.25) is 9.59 Å². The van der Waals surface area contributed by atoms with Gasteiger partial charge in [-0.2, -0.15) is 4.31 Å². The number of rotatable bonds is 4. The van der Waals surface area contributed by atoms with E-state index in [1.165, 1.54) is 23.2 Å². The molecule has 0 radical (unpaired) electrons. The number of likely N-dealkylation sites (tertiary alicyclic amines) is 1. The van der Waals surface area contributed by atoms with Crippen molar-refractivity contribution in [1.29, 1.82) is 0 Å². The van der Waals surface area contributed by atoms with Crippen LogP contribution in [0.1, 0.15) is 57.4 Å². The number of hydrogen-bond acceptors (Lipinski definition) is 5. The Bertz CT molecular complexity index is 978. The molecule has 1 aromatic rings. The average Bonchev–Trinajstić information content (AvgIpc) is 3.07. The first-order valence-corrected chi connectivity index (χ1v) is 13.2. The standard InChI is InChI=1S/C23H33N3O5S/c1-3-19-22(27)24-18-14-16(2)21(15-20(18)31-19)32(29,30)26-12-8-17(9-13-26)23(28)25-10-6-4-5-7-11-25/h14-15,17,19H,3-13H2,1-2H3,(H,24,27)/t19-/m1/s1. The van der Waals surface area contributed by atoms with Crippen molar-refractivity contribution >= 4 is 27.5 Å². The summed E-state index contributed by atoms with van der Waals surface area (Å²) >= 11 is 0. The Kier molecular flexibility index (Phi) is 6.76. The molecule has 1 atom stereocenters. The van der Waals surface area contributed by atoms with E-state index >= 15 is 0 Å². The van der Waals surface area contributed by atoms with Crippen molar-refractivity contribution in [3.63, 3.8) is 0 Å². The summed E-state index contributed by atoms with van der Waals surface area (Å²) < 4.78 is 34.1. The monoisotopic (exact) mass is 463 g/mol. The fourth-order valence-electron chi connectivity index (χ4n) is 4.86. The van der Waals surface area contributed by atoms with Crippen LogP contribution in [0.4, 0.5) is 5.69 Å². The van der Waals surface area contributed by atoms with Crippen molar-refractivity contribution in [3.05, 3.63) is 17.7 Å². The molecule has 2 fully saturated rings. The van der Waals surface area contributed by atoms with Gasteiger partial charge in [0.1, 0.15) is 5.75 Å². The second-order valence-corrected chi connectivity index (χ2v) is 10.9. The molecule has 176 valence electrons. The SMILES string of the molecule is CC[C@H]1Oc2cc(S(=O)(=O)N3CCC(C(=O)N4CCCCCC4)CC3)c(C)cc2NC1=O. The van der Waals surface area contributed by atoms with E-state index in [-0.39, 0.29) is 22.6 Å². The highest BCUT2D eigenvalue weighted by molar-refractivity contribution is 7.89. The highest BCUT2D eigenvalue weighted by Gasteiger charge is 2.36. The van der Waals surface area contributed by atoms with Crippen LogP contribution in [0.25, 0.3) is 0 Å². The number of anilines is 1. The van der Waals surface area contributed by atoms with E-state index in [9.17, 15) is 18.0 Å². The summed E-state index contributed by atoms with van der Waals surface area (Å²) in [7, 11) is -3.73. The van der Waals surface area contributed by atoms with Gasteiger partial charge in [0.15, 0.2) is 6.10 Å². The first kappa shape index (κ1) is 23.0. The molecule has 3 aliphatic heterocycles. The van der Waals surface area contributed by atoms with E-state index in [4.69, 9.17) is 4.74 Å². The molecule has 1 N–H and O–H groups in total. The third kappa shape index (κ3) is 4.50. The maximum Gasteiger partial charge on any atom is 0.265 e. The quantitative estimate of drug-likeness (QED) is 0.741. The Balaban J connectivity index is 1.47. The molecule has 0 aromatic heterocycles. The fourth-order valence-corrected chi connectivity index (χ4v) is 6.55. The van der Waals surface area contributed by atoms with Gasteiger partial charge >= 0.3 is 0 Å². The van der Waals surface area contributed by atoms with Crippen LogP contribution in [0.15, 0.2) is 17.0 Å². The van der Waals surface area contributed by atoms with Crippen LogP contribution >= 0.6 is 0 Å². The van der Waals surface area contributed by atoms with E-state index in [0.29, 0.717) is 49.4 Å². The Morgan fingerprint density at radius 1 is 1.09 bits per heavy atom. The smallest absolute Gasteiger partial charge is 0.265 e. The lowest BCUT2D eigenvalue weighted by molar-refractivity contribution is -0.136. The van der Waals surface area contributed by atoms with Gasteiger partial charge in [-0.1, -0.05) is 19.8 Å². The predicted molar refractivity (Wildman–Crippen MR) is 121 cm³/mol. The van der Waals surface area contributed by atoms with Gasteiger partial charge in [-0.05, 0) is 50.7 Å². The van der Waals surface area contributed by atoms with Crippen LogP contribution < -0.4 is 10.1 Å². The number of piperidine rings is 1. The molecule has 4 rings (SSSR count). The van der Waals surface area contributed by atoms with Crippen molar-refractivity contribution in [3.8, 4) is 5.75 Å². The number of amides is 2. The molecule has 0 bridgehead atoms. The number of nitrogens with one attached hydrogen (secondary N) is 1. The lowest BCUT2D eigenvalue weighted by atomic mass is 9.96. The Morgan fingerprint density at radius 2 is 1.75 bits per heavy atom. The molecule has 1 aromatic carbocycles. The summed E-state index contributed by atoms with van der Waals surface area (Å²) in [6, 6.07) is 3.18. The number of hydrogen-bond donors (Lipinski definition) is 1. The zero-order chi connectivity index (χ0) is 22.9. The molecule has 3 heterocycles. The molecule has 0 aliphatic carbocycles. The Labute approximate surface area is 190 Å². The maximum absolute atomic E-state index is 13.4. The lowest BCUT2D eigenvalue weighted by Gasteiger charge is -2.34. The Hall–Kier alpha value is -2.13. The minimum absolute atomic E-state index is 0.104. The highest BCUT2D eigenvalue weighted by Crippen LogP contribution is 2.36. The molecule has 0 saturated carbocycles. The highest BCUT2D eigenvalue weighted by atomic mass is 32.2. The largest absolute Gasteiger partial charge is 0.478 e. The molecular weight excluding hydrogens is 430 g/mol. The van der Waals surface area contributed by atoms with Gasteiger partial charge in [-0.25, -0.2) is 8.42 Å². The van der Waals surface area contributed by atoms with Crippen LogP contribution in [0.2, 0.25) is 0 Å². The minimum Gasteiger partial charge on any atom is -0.478 e. The van der Waals surface area contributed by atoms with Crippen LogP contribution in [0, 0.1) is 12.8 Å². The topological polar surface area (TPSA) is 96.0 Å². The van der Waals surface area contributed by atoms with Crippen LogP contribution in [0.3, 0.4) is 0 Å². The molecule has 8 nitrogen and oxygen atoms in total. The van der Waals surface area contributed by atoms with E-state index in [2.05, 4.69) is 5.32 Å². The van der Waals surface area contributed by atoms with Gasteiger partial charge < -0.3 is 15.0 Å². The molecule has 9 heteroatoms. The van der Waals surface area contributed by atoms with Gasteiger partial charge in [0.05, 0.1) is 10.6 Å². The lowest BCUT2D eigenvalue weighted by Crippen LogP contribution is -2.44. The summed E-state index contributed by atoms with van der Waals surface area (Å²) in [5, 5.41) is 2.80. The first-order valence-electron chi connectivity index (χ1n) is 11.7. The molecule has 0 spiro atoms. The van der Waals surface area contributed by atoms with E-state index in [1.807, 2.05) is 11.8 Å². The maximum atomic E-state index is 13.4. The van der Waals surface area contributed by atoms with Crippen LogP contribution in [0.5, 0.6) is 5.75 Å². The number of aryl methyl sites for hydroxylation is 1. The van der Waals surface area contributed by atoms with Crippen molar-refractivity contribution in [2.45, 2.75) is 69.8 Å². The zero-order valence-electron chi connectivity index (χ0n) is 18.9. The third-order valence-electron chi connectivity index (χ3n) is 6.81. The average molecular weight is 464 g/mol. The molecule has 3 aliphatic rings. The summed E-state index contributed by atoms with van der Waals surface area (Å²) in [5.74, 6) is 0.245. The number of carbonyl (C=O) groups excluding carboxylic acids is 2. The van der Waals surface area contributed by atoms with Crippen molar-refractivity contribution in [2.24, 2.45) is 5.92 Å². The molecule has 2 amide bonds. The summed E-state index contributed by atoms with van der Waals surface area (Å²) in [4.78, 5) is 27.2. The predicted octanol–water partition coefficient (Wildman–Crippen LogP) is 2.91. The molecule has 2 saturated heterocycles. The van der Waals surface area contributed by atoms with Gasteiger partial charge in [0.2, 0.25) is 15.9 Å². The molecule has 32 heavy (non-hydrogen) atoms. The fraction of sp³-hybridized carbons (Fsp3) is 0.652. The van der Waals surface area contributed by atoms with E-state index < -0.39 is 16.1 Å². The number of benzene rings is 1. The molecule has 0 unspecified atom stereocenters. The van der Waals surface area contributed by atoms with Gasteiger partial charge in [0, 0.05) is 38.2 Å². The number of sulfonamides is 1. The van der Waals surface area contributed by atoms with E-state index in [0.717, 1.165) is 25.9 Å². The second-order valence-electron chi connectivity index (χ2n) is 9.04. The normalized spacial score (nSPS) is 23.1. The van der Waals surface area contributed by atoms with Crippen LogP contribution in [-0.4, -0.2) is 61.7 Å². The van der Waals surface area contributed by atoms with Crippen LogP contribution in [-0.2, 0) is 19.6 Å². The number of fused-ring (bicyclic) bond motifs is 1. The van der Waals surface area contributed by atoms with Crippen molar-refractivity contribution in [1.82, 2.24) is 9.21 Å². The molecular formula is C23H33N3O5S. The number of ether oxygens (including phenoxy) is 1. The summed E-state index contributed by atoms with van der Waals surface area (Å²) in [5.41, 5.74) is 1.06. The summed E-state index contributed by atoms with van der Waals surface area (Å²) in [6.45, 7) is 5.87. The minimum atomic E-state index is -3.73. The van der Waals surface area contributed by atoms with Gasteiger partial charge in [-0.15, -0.1) is 0 Å².